The molecular weight excluding hydrogens is 326 g/mol. The molecular formula is C22H27NO3. The third-order valence-electron chi connectivity index (χ3n) is 4.15. The Labute approximate surface area is 155 Å². The van der Waals surface area contributed by atoms with Crippen LogP contribution in [0.5, 0.6) is 5.88 Å². The summed E-state index contributed by atoms with van der Waals surface area (Å²) >= 11 is 0. The first-order valence-electron chi connectivity index (χ1n) is 9.22. The number of aromatic nitrogens is 1. The Hall–Kier alpha value is -2.62. The molecule has 4 nitrogen and oxygen atoms in total. The first-order valence-corrected chi connectivity index (χ1v) is 9.22. The zero-order chi connectivity index (χ0) is 18.6. The molecule has 1 aromatic heterocycles. The van der Waals surface area contributed by atoms with Gasteiger partial charge in [-0.05, 0) is 37.8 Å². The van der Waals surface area contributed by atoms with Crippen LogP contribution in [0.25, 0.3) is 10.9 Å². The number of hydrogen-bond acceptors (Lipinski definition) is 3. The van der Waals surface area contributed by atoms with Gasteiger partial charge in [0.15, 0.2) is 0 Å². The minimum atomic E-state index is -0.911. The Kier molecular flexibility index (Phi) is 8.40. The van der Waals surface area contributed by atoms with Gasteiger partial charge in [-0.1, -0.05) is 55.7 Å². The highest BCUT2D eigenvalue weighted by molar-refractivity contribution is 5.82. The van der Waals surface area contributed by atoms with Crippen molar-refractivity contribution in [1.82, 2.24) is 4.98 Å². The largest absolute Gasteiger partial charge is 0.478 e. The summed E-state index contributed by atoms with van der Waals surface area (Å²) in [5.74, 6) is -0.202. The summed E-state index contributed by atoms with van der Waals surface area (Å²) < 4.78 is 5.81. The van der Waals surface area contributed by atoms with E-state index < -0.39 is 5.97 Å². The van der Waals surface area contributed by atoms with Crippen LogP contribution >= 0.6 is 0 Å². The highest BCUT2D eigenvalue weighted by Crippen LogP contribution is 2.21. The second kappa shape index (κ2) is 11.1. The van der Waals surface area contributed by atoms with Crippen LogP contribution in [0.15, 0.2) is 54.6 Å². The van der Waals surface area contributed by atoms with Gasteiger partial charge in [-0.25, -0.2) is 9.78 Å². The van der Waals surface area contributed by atoms with Crippen molar-refractivity contribution >= 4 is 16.9 Å². The number of benzene rings is 1. The molecule has 138 valence electrons. The van der Waals surface area contributed by atoms with Crippen molar-refractivity contribution in [3.8, 4) is 5.88 Å². The van der Waals surface area contributed by atoms with E-state index in [-0.39, 0.29) is 0 Å². The average molecular weight is 353 g/mol. The maximum Gasteiger partial charge on any atom is 0.328 e. The molecule has 0 radical (unpaired) electrons. The normalized spacial score (nSPS) is 11.6. The average Bonchev–Trinajstić information content (AvgIpc) is 2.62. The number of aliphatic carboxylic acids is 1. The number of carboxylic acid groups (broad SMARTS) is 1. The van der Waals surface area contributed by atoms with E-state index in [1.54, 1.807) is 12.2 Å². The van der Waals surface area contributed by atoms with Gasteiger partial charge >= 0.3 is 5.97 Å². The lowest BCUT2D eigenvalue weighted by molar-refractivity contribution is -0.131. The molecule has 1 N–H and O–H groups in total. The zero-order valence-electron chi connectivity index (χ0n) is 15.4. The van der Waals surface area contributed by atoms with Crippen LogP contribution < -0.4 is 4.74 Å². The number of ether oxygens (including phenoxy) is 1. The van der Waals surface area contributed by atoms with Crippen LogP contribution in [0.2, 0.25) is 0 Å². The van der Waals surface area contributed by atoms with Crippen LogP contribution in [0, 0.1) is 6.92 Å². The van der Waals surface area contributed by atoms with E-state index in [9.17, 15) is 4.79 Å². The number of fused-ring (bicyclic) bond motifs is 1. The van der Waals surface area contributed by atoms with E-state index >= 15 is 0 Å². The zero-order valence-corrected chi connectivity index (χ0v) is 15.4. The predicted octanol–water partition coefficient (Wildman–Crippen LogP) is 5.46. The number of rotatable bonds is 11. The number of nitrogens with zero attached hydrogens (tertiary/aromatic N) is 1. The topological polar surface area (TPSA) is 59.4 Å². The second-order valence-electron chi connectivity index (χ2n) is 6.32. The molecule has 0 aliphatic rings. The van der Waals surface area contributed by atoms with Gasteiger partial charge in [-0.15, -0.1) is 0 Å². The van der Waals surface area contributed by atoms with Crippen molar-refractivity contribution in [3.05, 3.63) is 60.2 Å². The first kappa shape index (κ1) is 19.7. The number of unbranched alkanes of at least 4 members (excludes halogenated alkanes) is 5. The molecule has 1 aromatic carbocycles. The fraction of sp³-hybridized carbons (Fsp3) is 0.364. The molecule has 2 rings (SSSR count). The van der Waals surface area contributed by atoms with Gasteiger partial charge in [0.1, 0.15) is 0 Å². The quantitative estimate of drug-likeness (QED) is 0.331. The molecule has 0 bridgehead atoms. The molecule has 4 heteroatoms. The van der Waals surface area contributed by atoms with Crippen molar-refractivity contribution in [1.29, 1.82) is 0 Å². The molecule has 0 amide bonds. The van der Waals surface area contributed by atoms with Gasteiger partial charge in [-0.3, -0.25) is 0 Å². The SMILES string of the molecule is Cc1cc(OCCCCCCC/C=C/C=C/C(=O)O)nc2ccccc12. The lowest BCUT2D eigenvalue weighted by Gasteiger charge is -2.08. The van der Waals surface area contributed by atoms with E-state index in [2.05, 4.69) is 18.0 Å². The number of aryl methyl sites for hydroxylation is 1. The van der Waals surface area contributed by atoms with Crippen LogP contribution in [0.4, 0.5) is 0 Å². The smallest absolute Gasteiger partial charge is 0.328 e. The molecule has 0 atom stereocenters. The Morgan fingerprint density at radius 2 is 1.88 bits per heavy atom. The first-order chi connectivity index (χ1) is 12.7. The number of pyridine rings is 1. The monoisotopic (exact) mass is 353 g/mol. The molecule has 0 spiro atoms. The van der Waals surface area contributed by atoms with E-state index in [1.165, 1.54) is 23.8 Å². The second-order valence-corrected chi connectivity index (χ2v) is 6.32. The number of hydrogen-bond donors (Lipinski definition) is 1. The van der Waals surface area contributed by atoms with E-state index in [4.69, 9.17) is 9.84 Å². The third kappa shape index (κ3) is 7.09. The van der Waals surface area contributed by atoms with E-state index in [0.29, 0.717) is 12.5 Å². The van der Waals surface area contributed by atoms with Gasteiger partial charge in [0, 0.05) is 17.5 Å². The summed E-state index contributed by atoms with van der Waals surface area (Å²) in [7, 11) is 0. The van der Waals surface area contributed by atoms with Gasteiger partial charge in [0.25, 0.3) is 0 Å². The van der Waals surface area contributed by atoms with Gasteiger partial charge < -0.3 is 9.84 Å². The fourth-order valence-corrected chi connectivity index (χ4v) is 2.78. The predicted molar refractivity (Wildman–Crippen MR) is 106 cm³/mol. The Balaban J connectivity index is 1.56. The van der Waals surface area contributed by atoms with E-state index in [0.717, 1.165) is 37.3 Å². The summed E-state index contributed by atoms with van der Waals surface area (Å²) in [4.78, 5) is 14.8. The summed E-state index contributed by atoms with van der Waals surface area (Å²) in [5, 5.41) is 9.63. The van der Waals surface area contributed by atoms with Crippen LogP contribution in [-0.2, 0) is 4.79 Å². The van der Waals surface area contributed by atoms with Crippen LogP contribution in [-0.4, -0.2) is 22.7 Å². The number of allylic oxidation sites excluding steroid dienone is 3. The highest BCUT2D eigenvalue weighted by atomic mass is 16.5. The van der Waals surface area contributed by atoms with Crippen molar-refractivity contribution in [2.24, 2.45) is 0 Å². The van der Waals surface area contributed by atoms with Gasteiger partial charge in [0.2, 0.25) is 5.88 Å². The highest BCUT2D eigenvalue weighted by Gasteiger charge is 2.02. The number of para-hydroxylation sites is 1. The van der Waals surface area contributed by atoms with Crippen molar-refractivity contribution in [3.63, 3.8) is 0 Å². The molecule has 0 saturated heterocycles. The lowest BCUT2D eigenvalue weighted by Crippen LogP contribution is -2.00. The molecule has 0 aliphatic heterocycles. The third-order valence-corrected chi connectivity index (χ3v) is 4.15. The van der Waals surface area contributed by atoms with Crippen LogP contribution in [0.1, 0.15) is 44.1 Å². The number of carbonyl (C=O) groups is 1. The van der Waals surface area contributed by atoms with Crippen molar-refractivity contribution < 1.29 is 14.6 Å². The van der Waals surface area contributed by atoms with Crippen molar-refractivity contribution in [2.75, 3.05) is 6.61 Å². The van der Waals surface area contributed by atoms with Gasteiger partial charge in [-0.2, -0.15) is 0 Å². The molecule has 0 aliphatic carbocycles. The maximum atomic E-state index is 10.3. The molecule has 1 heterocycles. The molecule has 0 fully saturated rings. The molecule has 0 unspecified atom stereocenters. The van der Waals surface area contributed by atoms with E-state index in [1.807, 2.05) is 30.3 Å². The fourth-order valence-electron chi connectivity index (χ4n) is 2.78. The molecule has 26 heavy (non-hydrogen) atoms. The minimum absolute atomic E-state index is 0.699. The van der Waals surface area contributed by atoms with Gasteiger partial charge in [0.05, 0.1) is 12.1 Å². The Morgan fingerprint density at radius 3 is 2.73 bits per heavy atom. The Morgan fingerprint density at radius 1 is 1.12 bits per heavy atom. The Bertz CT molecular complexity index is 765. The minimum Gasteiger partial charge on any atom is -0.478 e. The molecule has 2 aromatic rings. The lowest BCUT2D eigenvalue weighted by atomic mass is 10.1. The van der Waals surface area contributed by atoms with Crippen molar-refractivity contribution in [2.45, 2.75) is 45.4 Å². The van der Waals surface area contributed by atoms with Crippen LogP contribution in [0.3, 0.4) is 0 Å². The summed E-state index contributed by atoms with van der Waals surface area (Å²) in [5.41, 5.74) is 2.17. The summed E-state index contributed by atoms with van der Waals surface area (Å²) in [6.45, 7) is 2.79. The molecule has 0 saturated carbocycles. The summed E-state index contributed by atoms with van der Waals surface area (Å²) in [6.07, 6.45) is 13.2. The standard InChI is InChI=1S/C22H27NO3/c1-18-17-21(23-20-14-11-10-13-19(18)20)26-16-12-8-6-4-2-3-5-7-9-15-22(24)25/h5,7,9-11,13-15,17H,2-4,6,8,12,16H2,1H3,(H,24,25)/b7-5+,15-9+. The maximum absolute atomic E-state index is 10.3. The summed E-state index contributed by atoms with van der Waals surface area (Å²) in [6, 6.07) is 10.1. The number of carboxylic acids is 1.